The van der Waals surface area contributed by atoms with Crippen molar-refractivity contribution in [2.24, 2.45) is 0 Å². The molecule has 0 atom stereocenters. The minimum Gasteiger partial charge on any atom is -0.306 e. The second-order valence-electron chi connectivity index (χ2n) is 3.53. The van der Waals surface area contributed by atoms with Crippen LogP contribution in [0.1, 0.15) is 26.3 Å². The van der Waals surface area contributed by atoms with Gasteiger partial charge in [0.1, 0.15) is 0 Å². The van der Waals surface area contributed by atoms with Gasteiger partial charge in [-0.15, -0.1) is 0 Å². The molecule has 0 unspecified atom stereocenters. The quantitative estimate of drug-likeness (QED) is 0.709. The van der Waals surface area contributed by atoms with Crippen LogP contribution in [0.5, 0.6) is 0 Å². The fourth-order valence-corrected chi connectivity index (χ4v) is 2.92. The van der Waals surface area contributed by atoms with E-state index in [1.807, 2.05) is 50.3 Å². The summed E-state index contributed by atoms with van der Waals surface area (Å²) in [5, 5.41) is 0.632. The van der Waals surface area contributed by atoms with Gasteiger partial charge in [-0.3, -0.25) is 4.57 Å². The third-order valence-corrected chi connectivity index (χ3v) is 4.39. The van der Waals surface area contributed by atoms with Gasteiger partial charge in [0.05, 0.1) is 13.2 Å². The maximum absolute atomic E-state index is 12.4. The van der Waals surface area contributed by atoms with Crippen molar-refractivity contribution in [1.82, 2.24) is 0 Å². The Bertz CT molecular complexity index is 402. The van der Waals surface area contributed by atoms with Crippen molar-refractivity contribution < 1.29 is 13.6 Å². The fourth-order valence-electron chi connectivity index (χ4n) is 1.45. The van der Waals surface area contributed by atoms with Crippen LogP contribution in [-0.4, -0.2) is 13.2 Å². The van der Waals surface area contributed by atoms with Crippen LogP contribution in [0.25, 0.3) is 6.08 Å². The lowest BCUT2D eigenvalue weighted by molar-refractivity contribution is 0.226. The Morgan fingerprint density at radius 1 is 1.18 bits per heavy atom. The van der Waals surface area contributed by atoms with E-state index in [9.17, 15) is 4.57 Å². The molecule has 0 aromatic heterocycles. The summed E-state index contributed by atoms with van der Waals surface area (Å²) < 4.78 is 22.9. The van der Waals surface area contributed by atoms with E-state index in [1.165, 1.54) is 0 Å². The van der Waals surface area contributed by atoms with Crippen LogP contribution >= 0.6 is 7.60 Å². The zero-order valence-corrected chi connectivity index (χ0v) is 11.4. The number of rotatable bonds is 6. The lowest BCUT2D eigenvalue weighted by Crippen LogP contribution is -1.96. The number of hydrogen-bond donors (Lipinski definition) is 0. The minimum atomic E-state index is -3.11. The molecular weight excluding hydrogens is 235 g/mol. The van der Waals surface area contributed by atoms with Crippen LogP contribution in [-0.2, 0) is 13.6 Å². The second kappa shape index (κ2) is 6.75. The molecule has 0 bridgehead atoms. The molecule has 3 nitrogen and oxygen atoms in total. The molecule has 0 aliphatic heterocycles. The van der Waals surface area contributed by atoms with Crippen molar-refractivity contribution in [2.75, 3.05) is 13.2 Å². The van der Waals surface area contributed by atoms with Gasteiger partial charge in [-0.1, -0.05) is 30.3 Å². The predicted octanol–water partition coefficient (Wildman–Crippen LogP) is 4.31. The van der Waals surface area contributed by atoms with Crippen molar-refractivity contribution in [3.05, 3.63) is 41.2 Å². The molecule has 1 aromatic rings. The summed E-state index contributed by atoms with van der Waals surface area (Å²) in [7, 11) is -3.11. The maximum Gasteiger partial charge on any atom is 0.357 e. The highest BCUT2D eigenvalue weighted by molar-refractivity contribution is 7.58. The molecule has 1 aromatic carbocycles. The summed E-state index contributed by atoms with van der Waals surface area (Å²) in [6.45, 7) is 6.14. The summed E-state index contributed by atoms with van der Waals surface area (Å²) in [5.74, 6) is 0. The van der Waals surface area contributed by atoms with Crippen molar-refractivity contribution in [3.8, 4) is 0 Å². The highest BCUT2D eigenvalue weighted by atomic mass is 31.2. The summed E-state index contributed by atoms with van der Waals surface area (Å²) >= 11 is 0. The maximum atomic E-state index is 12.4. The van der Waals surface area contributed by atoms with E-state index in [0.29, 0.717) is 18.5 Å². The van der Waals surface area contributed by atoms with E-state index < -0.39 is 7.60 Å². The van der Waals surface area contributed by atoms with Crippen LogP contribution in [0.15, 0.2) is 35.6 Å². The first kappa shape index (κ1) is 14.2. The van der Waals surface area contributed by atoms with Gasteiger partial charge in [-0.2, -0.15) is 0 Å². The van der Waals surface area contributed by atoms with Crippen LogP contribution in [0.2, 0.25) is 0 Å². The molecule has 0 amide bonds. The Hall–Kier alpha value is -0.890. The topological polar surface area (TPSA) is 35.5 Å². The van der Waals surface area contributed by atoms with Gasteiger partial charge in [0.25, 0.3) is 0 Å². The largest absolute Gasteiger partial charge is 0.357 e. The molecule has 0 N–H and O–H groups in total. The van der Waals surface area contributed by atoms with Crippen LogP contribution in [0.4, 0.5) is 0 Å². The highest BCUT2D eigenvalue weighted by Gasteiger charge is 2.25. The molecule has 4 heteroatoms. The minimum absolute atomic E-state index is 0.372. The smallest absolute Gasteiger partial charge is 0.306 e. The molecule has 0 fully saturated rings. The van der Waals surface area contributed by atoms with Gasteiger partial charge < -0.3 is 9.05 Å². The molecule has 0 spiro atoms. The van der Waals surface area contributed by atoms with Crippen LogP contribution in [0, 0.1) is 0 Å². The molecule has 1 rings (SSSR count). The lowest BCUT2D eigenvalue weighted by Gasteiger charge is -2.17. The van der Waals surface area contributed by atoms with E-state index >= 15 is 0 Å². The van der Waals surface area contributed by atoms with Crippen LogP contribution in [0.3, 0.4) is 0 Å². The molecule has 17 heavy (non-hydrogen) atoms. The summed E-state index contributed by atoms with van der Waals surface area (Å²) in [6, 6.07) is 9.71. The first-order valence-electron chi connectivity index (χ1n) is 5.75. The molecule has 0 aliphatic carbocycles. The normalized spacial score (nSPS) is 12.8. The zero-order chi connectivity index (χ0) is 12.7. The van der Waals surface area contributed by atoms with E-state index in [0.717, 1.165) is 5.56 Å². The van der Waals surface area contributed by atoms with E-state index in [2.05, 4.69) is 0 Å². The van der Waals surface area contributed by atoms with Crippen molar-refractivity contribution in [1.29, 1.82) is 0 Å². The first-order valence-corrected chi connectivity index (χ1v) is 7.29. The second-order valence-corrected chi connectivity index (χ2v) is 5.75. The van der Waals surface area contributed by atoms with Crippen molar-refractivity contribution >= 4 is 13.7 Å². The predicted molar refractivity (Wildman–Crippen MR) is 71.0 cm³/mol. The highest BCUT2D eigenvalue weighted by Crippen LogP contribution is 2.56. The van der Waals surface area contributed by atoms with Gasteiger partial charge in [-0.05, 0) is 32.4 Å². The fraction of sp³-hybridized carbons (Fsp3) is 0.385. The lowest BCUT2D eigenvalue weighted by atomic mass is 10.2. The Balaban J connectivity index is 2.96. The van der Waals surface area contributed by atoms with E-state index in [1.54, 1.807) is 6.92 Å². The monoisotopic (exact) mass is 254 g/mol. The first-order chi connectivity index (χ1) is 8.12. The van der Waals surface area contributed by atoms with Gasteiger partial charge in [0, 0.05) is 5.31 Å². The van der Waals surface area contributed by atoms with Gasteiger partial charge in [0.2, 0.25) is 0 Å². The van der Waals surface area contributed by atoms with Gasteiger partial charge in [-0.25, -0.2) is 0 Å². The molecule has 0 saturated heterocycles. The van der Waals surface area contributed by atoms with Crippen molar-refractivity contribution in [2.45, 2.75) is 20.8 Å². The SMILES string of the molecule is CCOP(=O)(OCC)/C(C)=C/c1ccccc1. The Morgan fingerprint density at radius 3 is 2.18 bits per heavy atom. The number of allylic oxidation sites excluding steroid dienone is 1. The Labute approximate surface area is 103 Å². The molecule has 0 heterocycles. The number of benzene rings is 1. The molecule has 0 saturated carbocycles. The average Bonchev–Trinajstić information content (AvgIpc) is 2.31. The van der Waals surface area contributed by atoms with Gasteiger partial charge >= 0.3 is 7.60 Å². The Morgan fingerprint density at radius 2 is 1.71 bits per heavy atom. The van der Waals surface area contributed by atoms with Gasteiger partial charge in [0.15, 0.2) is 0 Å². The summed E-state index contributed by atoms with van der Waals surface area (Å²) in [6.07, 6.45) is 1.84. The van der Waals surface area contributed by atoms with E-state index in [-0.39, 0.29) is 0 Å². The Kier molecular flexibility index (Phi) is 5.63. The van der Waals surface area contributed by atoms with Crippen molar-refractivity contribution in [3.63, 3.8) is 0 Å². The summed E-state index contributed by atoms with van der Waals surface area (Å²) in [4.78, 5) is 0. The zero-order valence-electron chi connectivity index (χ0n) is 10.6. The molecule has 0 radical (unpaired) electrons. The van der Waals surface area contributed by atoms with E-state index in [4.69, 9.17) is 9.05 Å². The molecule has 94 valence electrons. The molecular formula is C13H19O3P. The summed E-state index contributed by atoms with van der Waals surface area (Å²) in [5.41, 5.74) is 0.990. The standard InChI is InChI=1S/C13H19O3P/c1-4-15-17(14,16-5-2)12(3)11-13-9-7-6-8-10-13/h6-11H,4-5H2,1-3H3/b12-11+. The van der Waals surface area contributed by atoms with Crippen LogP contribution < -0.4 is 0 Å². The number of hydrogen-bond acceptors (Lipinski definition) is 3. The third kappa shape index (κ3) is 4.12. The molecule has 0 aliphatic rings. The third-order valence-electron chi connectivity index (χ3n) is 2.21. The average molecular weight is 254 g/mol.